The molecular formula is C17H26N2O3. The number of rotatable bonds is 7. The molecule has 0 fully saturated rings. The molecule has 1 aromatic rings. The van der Waals surface area contributed by atoms with Crippen LogP contribution in [-0.4, -0.2) is 49.0 Å². The zero-order chi connectivity index (χ0) is 16.5. The lowest BCUT2D eigenvalue weighted by Gasteiger charge is -2.22. The first-order valence-corrected chi connectivity index (χ1v) is 7.61. The van der Waals surface area contributed by atoms with Crippen LogP contribution in [0, 0.1) is 6.92 Å². The summed E-state index contributed by atoms with van der Waals surface area (Å²) in [6.45, 7) is 5.21. The molecule has 0 aromatic heterocycles. The second-order valence-corrected chi connectivity index (χ2v) is 5.53. The highest BCUT2D eigenvalue weighted by atomic mass is 16.6. The number of ether oxygens (including phenoxy) is 1. The van der Waals surface area contributed by atoms with Gasteiger partial charge in [-0.3, -0.25) is 4.79 Å². The summed E-state index contributed by atoms with van der Waals surface area (Å²) in [4.78, 5) is 26.7. The lowest BCUT2D eigenvalue weighted by atomic mass is 10.2. The Labute approximate surface area is 132 Å². The van der Waals surface area contributed by atoms with E-state index in [4.69, 9.17) is 4.74 Å². The minimum absolute atomic E-state index is 0.101. The fourth-order valence-corrected chi connectivity index (χ4v) is 1.86. The van der Waals surface area contributed by atoms with E-state index in [2.05, 4.69) is 0 Å². The van der Waals surface area contributed by atoms with Gasteiger partial charge >= 0.3 is 6.09 Å². The number of carbonyl (C=O) groups excluding carboxylic acids is 2. The van der Waals surface area contributed by atoms with Crippen LogP contribution >= 0.6 is 0 Å². The summed E-state index contributed by atoms with van der Waals surface area (Å²) < 4.78 is 5.25. The first-order valence-electron chi connectivity index (χ1n) is 7.61. The average Bonchev–Trinajstić information content (AvgIpc) is 2.51. The molecule has 122 valence electrons. The van der Waals surface area contributed by atoms with E-state index in [-0.39, 0.29) is 18.6 Å². The molecule has 5 heteroatoms. The third kappa shape index (κ3) is 6.16. The second kappa shape index (κ2) is 9.07. The van der Waals surface area contributed by atoms with Crippen LogP contribution < -0.4 is 0 Å². The highest BCUT2D eigenvalue weighted by molar-refractivity contribution is 5.75. The Hall–Kier alpha value is -2.04. The Morgan fingerprint density at radius 1 is 1.05 bits per heavy atom. The van der Waals surface area contributed by atoms with E-state index >= 15 is 0 Å². The van der Waals surface area contributed by atoms with Crippen molar-refractivity contribution in [2.75, 3.05) is 27.2 Å². The van der Waals surface area contributed by atoms with E-state index in [0.29, 0.717) is 19.5 Å². The molecule has 2 amide bonds. The van der Waals surface area contributed by atoms with Crippen molar-refractivity contribution < 1.29 is 14.3 Å². The Balaban J connectivity index is 2.32. The van der Waals surface area contributed by atoms with Crippen LogP contribution in [0.25, 0.3) is 0 Å². The Kier molecular flexibility index (Phi) is 7.43. The molecule has 0 aliphatic rings. The fraction of sp³-hybridized carbons (Fsp3) is 0.529. The minimum atomic E-state index is -0.378. The normalized spacial score (nSPS) is 10.2. The number of nitrogens with zero attached hydrogens (tertiary/aromatic N) is 2. The van der Waals surface area contributed by atoms with Gasteiger partial charge in [0.1, 0.15) is 6.61 Å². The van der Waals surface area contributed by atoms with Gasteiger partial charge in [0.2, 0.25) is 5.91 Å². The van der Waals surface area contributed by atoms with Gasteiger partial charge in [-0.05, 0) is 18.9 Å². The van der Waals surface area contributed by atoms with Crippen molar-refractivity contribution in [3.05, 3.63) is 35.4 Å². The largest absolute Gasteiger partial charge is 0.445 e. The van der Waals surface area contributed by atoms with Crippen molar-refractivity contribution in [3.63, 3.8) is 0 Å². The van der Waals surface area contributed by atoms with Crippen molar-refractivity contribution in [2.45, 2.75) is 33.3 Å². The number of amides is 2. The predicted molar refractivity (Wildman–Crippen MR) is 86.5 cm³/mol. The molecule has 0 unspecified atom stereocenters. The second-order valence-electron chi connectivity index (χ2n) is 5.53. The highest BCUT2D eigenvalue weighted by Crippen LogP contribution is 2.05. The molecule has 0 bridgehead atoms. The number of hydrogen-bond acceptors (Lipinski definition) is 3. The molecule has 0 atom stereocenters. The van der Waals surface area contributed by atoms with Crippen molar-refractivity contribution in [2.24, 2.45) is 0 Å². The van der Waals surface area contributed by atoms with Crippen molar-refractivity contribution in [3.8, 4) is 0 Å². The number of hydrogen-bond donors (Lipinski definition) is 0. The third-order valence-corrected chi connectivity index (χ3v) is 3.46. The van der Waals surface area contributed by atoms with Crippen LogP contribution in [0.1, 0.15) is 30.9 Å². The molecule has 0 N–H and O–H groups in total. The maximum Gasteiger partial charge on any atom is 0.409 e. The van der Waals surface area contributed by atoms with Crippen LogP contribution in [0.2, 0.25) is 0 Å². The number of benzene rings is 1. The van der Waals surface area contributed by atoms with Crippen molar-refractivity contribution >= 4 is 12.0 Å². The molecule has 0 aliphatic carbocycles. The summed E-state index contributed by atoms with van der Waals surface area (Å²) in [6, 6.07) is 7.86. The van der Waals surface area contributed by atoms with Gasteiger partial charge < -0.3 is 14.5 Å². The highest BCUT2D eigenvalue weighted by Gasteiger charge is 2.13. The Bertz CT molecular complexity index is 485. The molecular weight excluding hydrogens is 280 g/mol. The molecule has 0 saturated heterocycles. The van der Waals surface area contributed by atoms with Gasteiger partial charge in [-0.15, -0.1) is 0 Å². The minimum Gasteiger partial charge on any atom is -0.445 e. The van der Waals surface area contributed by atoms with Gasteiger partial charge in [0.05, 0.1) is 0 Å². The number of aryl methyl sites for hydroxylation is 1. The van der Waals surface area contributed by atoms with E-state index in [1.807, 2.05) is 38.1 Å². The van der Waals surface area contributed by atoms with Gasteiger partial charge in [0.25, 0.3) is 0 Å². The molecule has 1 aromatic carbocycles. The Morgan fingerprint density at radius 2 is 1.64 bits per heavy atom. The molecule has 0 heterocycles. The fourth-order valence-electron chi connectivity index (χ4n) is 1.86. The first kappa shape index (κ1) is 18.0. The van der Waals surface area contributed by atoms with E-state index < -0.39 is 0 Å². The lowest BCUT2D eigenvalue weighted by molar-refractivity contribution is -0.130. The molecule has 0 aliphatic heterocycles. The smallest absolute Gasteiger partial charge is 0.409 e. The standard InChI is InChI=1S/C17H26N2O3/c1-5-6-16(20)18(3)11-12-19(4)17(21)22-13-15-9-7-14(2)8-10-15/h7-10H,5-6,11-13H2,1-4H3. The number of carbonyl (C=O) groups is 2. The molecule has 0 saturated carbocycles. The van der Waals surface area contributed by atoms with Crippen LogP contribution in [0.3, 0.4) is 0 Å². The SMILES string of the molecule is CCCC(=O)N(C)CCN(C)C(=O)OCc1ccc(C)cc1. The van der Waals surface area contributed by atoms with Gasteiger partial charge in [-0.2, -0.15) is 0 Å². The monoisotopic (exact) mass is 306 g/mol. The summed E-state index contributed by atoms with van der Waals surface area (Å²) in [5, 5.41) is 0. The summed E-state index contributed by atoms with van der Waals surface area (Å²) >= 11 is 0. The van der Waals surface area contributed by atoms with Crippen molar-refractivity contribution in [1.29, 1.82) is 0 Å². The van der Waals surface area contributed by atoms with E-state index in [0.717, 1.165) is 12.0 Å². The first-order chi connectivity index (χ1) is 10.4. The molecule has 1 rings (SSSR count). The maximum absolute atomic E-state index is 11.9. The number of likely N-dealkylation sites (N-methyl/N-ethyl adjacent to an activating group) is 2. The van der Waals surface area contributed by atoms with Gasteiger partial charge in [0, 0.05) is 33.6 Å². The van der Waals surface area contributed by atoms with Crippen LogP contribution in [-0.2, 0) is 16.1 Å². The molecule has 22 heavy (non-hydrogen) atoms. The average molecular weight is 306 g/mol. The maximum atomic E-state index is 11.9. The summed E-state index contributed by atoms with van der Waals surface area (Å²) in [5.74, 6) is 0.101. The molecule has 0 radical (unpaired) electrons. The van der Waals surface area contributed by atoms with Crippen LogP contribution in [0.4, 0.5) is 4.79 Å². The van der Waals surface area contributed by atoms with Gasteiger partial charge in [-0.25, -0.2) is 4.79 Å². The summed E-state index contributed by atoms with van der Waals surface area (Å²) in [7, 11) is 3.43. The van der Waals surface area contributed by atoms with E-state index in [9.17, 15) is 9.59 Å². The van der Waals surface area contributed by atoms with Crippen LogP contribution in [0.15, 0.2) is 24.3 Å². The Morgan fingerprint density at radius 3 is 2.23 bits per heavy atom. The zero-order valence-electron chi connectivity index (χ0n) is 14.0. The van der Waals surface area contributed by atoms with Gasteiger partial charge in [-0.1, -0.05) is 36.8 Å². The third-order valence-electron chi connectivity index (χ3n) is 3.46. The predicted octanol–water partition coefficient (Wildman–Crippen LogP) is 2.82. The topological polar surface area (TPSA) is 49.9 Å². The summed E-state index contributed by atoms with van der Waals surface area (Å²) in [5.41, 5.74) is 2.13. The van der Waals surface area contributed by atoms with E-state index in [1.54, 1.807) is 19.0 Å². The zero-order valence-corrected chi connectivity index (χ0v) is 14.0. The van der Waals surface area contributed by atoms with Crippen molar-refractivity contribution in [1.82, 2.24) is 9.80 Å². The molecule has 5 nitrogen and oxygen atoms in total. The quantitative estimate of drug-likeness (QED) is 0.778. The van der Waals surface area contributed by atoms with E-state index in [1.165, 1.54) is 10.5 Å². The summed E-state index contributed by atoms with van der Waals surface area (Å²) in [6.07, 6.45) is 0.993. The lowest BCUT2D eigenvalue weighted by Crippen LogP contribution is -2.37. The van der Waals surface area contributed by atoms with Gasteiger partial charge in [0.15, 0.2) is 0 Å². The van der Waals surface area contributed by atoms with Crippen LogP contribution in [0.5, 0.6) is 0 Å². The molecule has 0 spiro atoms.